The number of Topliss-reactive ketones (excluding diaryl/α,β-unsaturated/α-hetero) is 1. The van der Waals surface area contributed by atoms with E-state index in [-0.39, 0.29) is 11.7 Å². The molecule has 0 aliphatic rings. The molecule has 23 heavy (non-hydrogen) atoms. The van der Waals surface area contributed by atoms with Gasteiger partial charge in [0.1, 0.15) is 0 Å². The van der Waals surface area contributed by atoms with E-state index in [0.29, 0.717) is 16.8 Å². The summed E-state index contributed by atoms with van der Waals surface area (Å²) in [6.45, 7) is 1.50. The number of aromatic nitrogens is 2. The Morgan fingerprint density at radius 3 is 2.48 bits per heavy atom. The second-order valence-electron chi connectivity index (χ2n) is 5.11. The predicted octanol–water partition coefficient (Wildman–Crippen LogP) is 3.33. The summed E-state index contributed by atoms with van der Waals surface area (Å²) in [4.78, 5) is 27.7. The van der Waals surface area contributed by atoms with Gasteiger partial charge in [0.25, 0.3) is 5.91 Å². The number of carbonyl (C=O) groups is 2. The predicted molar refractivity (Wildman–Crippen MR) is 88.0 cm³/mol. The highest BCUT2D eigenvalue weighted by Gasteiger charge is 2.08. The van der Waals surface area contributed by atoms with Crippen molar-refractivity contribution in [3.63, 3.8) is 0 Å². The van der Waals surface area contributed by atoms with Gasteiger partial charge in [0.15, 0.2) is 5.78 Å². The summed E-state index contributed by atoms with van der Waals surface area (Å²) >= 11 is 0. The Labute approximate surface area is 133 Å². The minimum absolute atomic E-state index is 0.0363. The lowest BCUT2D eigenvalue weighted by Gasteiger charge is -2.07. The van der Waals surface area contributed by atoms with Gasteiger partial charge in [0.2, 0.25) is 0 Å². The number of hydrogen-bond donors (Lipinski definition) is 1. The summed E-state index contributed by atoms with van der Waals surface area (Å²) in [5.74, 6) is -0.256. The molecule has 5 heteroatoms. The minimum Gasteiger partial charge on any atom is -0.322 e. The van der Waals surface area contributed by atoms with Crippen molar-refractivity contribution in [2.24, 2.45) is 0 Å². The van der Waals surface area contributed by atoms with E-state index in [1.165, 1.54) is 6.92 Å². The Bertz CT molecular complexity index is 837. The molecule has 1 heterocycles. The first kappa shape index (κ1) is 14.7. The van der Waals surface area contributed by atoms with Crippen molar-refractivity contribution in [2.45, 2.75) is 6.92 Å². The fraction of sp³-hybridized carbons (Fsp3) is 0.0556. The molecule has 3 aromatic rings. The van der Waals surface area contributed by atoms with Gasteiger partial charge in [-0.15, -0.1) is 0 Å². The molecule has 0 fully saturated rings. The van der Waals surface area contributed by atoms with E-state index in [1.807, 2.05) is 22.9 Å². The first-order valence-corrected chi connectivity index (χ1v) is 7.14. The van der Waals surface area contributed by atoms with Crippen molar-refractivity contribution in [1.82, 2.24) is 9.55 Å². The number of amides is 1. The van der Waals surface area contributed by atoms with Crippen molar-refractivity contribution >= 4 is 17.4 Å². The Balaban J connectivity index is 1.76. The number of nitrogens with one attached hydrogen (secondary N) is 1. The molecule has 0 aliphatic heterocycles. The minimum atomic E-state index is -0.220. The Kier molecular flexibility index (Phi) is 4.01. The van der Waals surface area contributed by atoms with E-state index in [2.05, 4.69) is 10.3 Å². The van der Waals surface area contributed by atoms with Crippen LogP contribution in [0.3, 0.4) is 0 Å². The second-order valence-corrected chi connectivity index (χ2v) is 5.11. The fourth-order valence-corrected chi connectivity index (χ4v) is 2.22. The molecule has 0 unspecified atom stereocenters. The fourth-order valence-electron chi connectivity index (χ4n) is 2.22. The number of imidazole rings is 1. The van der Waals surface area contributed by atoms with Crippen LogP contribution in [0.2, 0.25) is 0 Å². The van der Waals surface area contributed by atoms with Gasteiger partial charge in [-0.3, -0.25) is 9.59 Å². The topological polar surface area (TPSA) is 64.0 Å². The molecule has 1 N–H and O–H groups in total. The van der Waals surface area contributed by atoms with Crippen LogP contribution in [0.4, 0.5) is 5.69 Å². The quantitative estimate of drug-likeness (QED) is 0.752. The van der Waals surface area contributed by atoms with Crippen LogP contribution in [0, 0.1) is 0 Å². The van der Waals surface area contributed by atoms with Crippen molar-refractivity contribution in [3.8, 4) is 5.69 Å². The average molecular weight is 305 g/mol. The molecular weight excluding hydrogens is 290 g/mol. The van der Waals surface area contributed by atoms with Gasteiger partial charge < -0.3 is 9.88 Å². The van der Waals surface area contributed by atoms with Crippen LogP contribution in [-0.2, 0) is 0 Å². The summed E-state index contributed by atoms with van der Waals surface area (Å²) in [5, 5.41) is 2.80. The summed E-state index contributed by atoms with van der Waals surface area (Å²) < 4.78 is 1.86. The van der Waals surface area contributed by atoms with Crippen LogP contribution in [0.1, 0.15) is 27.6 Å². The molecule has 2 aromatic carbocycles. The number of hydrogen-bond acceptors (Lipinski definition) is 3. The molecular formula is C18H15N3O2. The summed E-state index contributed by atoms with van der Waals surface area (Å²) in [7, 11) is 0. The molecule has 114 valence electrons. The smallest absolute Gasteiger partial charge is 0.255 e. The third-order valence-corrected chi connectivity index (χ3v) is 3.46. The zero-order valence-electron chi connectivity index (χ0n) is 12.6. The number of nitrogens with zero attached hydrogens (tertiary/aromatic N) is 2. The van der Waals surface area contributed by atoms with Crippen molar-refractivity contribution < 1.29 is 9.59 Å². The van der Waals surface area contributed by atoms with Crippen molar-refractivity contribution in [3.05, 3.63) is 78.4 Å². The summed E-state index contributed by atoms with van der Waals surface area (Å²) in [6.07, 6.45) is 5.23. The van der Waals surface area contributed by atoms with Gasteiger partial charge in [-0.25, -0.2) is 4.98 Å². The van der Waals surface area contributed by atoms with E-state index >= 15 is 0 Å². The Morgan fingerprint density at radius 2 is 1.83 bits per heavy atom. The molecule has 0 saturated carbocycles. The van der Waals surface area contributed by atoms with Gasteiger partial charge in [-0.05, 0) is 43.3 Å². The average Bonchev–Trinajstić information content (AvgIpc) is 3.09. The lowest BCUT2D eigenvalue weighted by molar-refractivity contribution is 0.101. The van der Waals surface area contributed by atoms with E-state index in [0.717, 1.165) is 5.69 Å². The second kappa shape index (κ2) is 6.27. The van der Waals surface area contributed by atoms with E-state index in [9.17, 15) is 9.59 Å². The van der Waals surface area contributed by atoms with Crippen LogP contribution >= 0.6 is 0 Å². The Morgan fingerprint density at radius 1 is 1.04 bits per heavy atom. The molecule has 0 spiro atoms. The van der Waals surface area contributed by atoms with Crippen LogP contribution in [-0.4, -0.2) is 21.2 Å². The van der Waals surface area contributed by atoms with E-state index in [1.54, 1.807) is 48.9 Å². The Hall–Kier alpha value is -3.21. The number of benzene rings is 2. The van der Waals surface area contributed by atoms with Gasteiger partial charge in [-0.2, -0.15) is 0 Å². The maximum Gasteiger partial charge on any atom is 0.255 e. The number of anilines is 1. The van der Waals surface area contributed by atoms with Gasteiger partial charge >= 0.3 is 0 Å². The highest BCUT2D eigenvalue weighted by Crippen LogP contribution is 2.14. The standard InChI is InChI=1S/C18H15N3O2/c1-13(22)15-3-2-4-16(11-15)20-18(23)14-5-7-17(8-6-14)21-10-9-19-12-21/h2-12H,1H3,(H,20,23). The van der Waals surface area contributed by atoms with E-state index < -0.39 is 0 Å². The van der Waals surface area contributed by atoms with Crippen LogP contribution in [0.15, 0.2) is 67.3 Å². The lowest BCUT2D eigenvalue weighted by atomic mass is 10.1. The third kappa shape index (κ3) is 3.35. The third-order valence-electron chi connectivity index (χ3n) is 3.46. The summed E-state index contributed by atoms with van der Waals surface area (Å²) in [6, 6.07) is 14.1. The monoisotopic (exact) mass is 305 g/mol. The number of carbonyl (C=O) groups excluding carboxylic acids is 2. The molecule has 5 nitrogen and oxygen atoms in total. The normalized spacial score (nSPS) is 10.3. The highest BCUT2D eigenvalue weighted by molar-refractivity contribution is 6.05. The molecule has 0 radical (unpaired) electrons. The molecule has 0 atom stereocenters. The lowest BCUT2D eigenvalue weighted by Crippen LogP contribution is -2.12. The van der Waals surface area contributed by atoms with Crippen LogP contribution in [0.5, 0.6) is 0 Å². The highest BCUT2D eigenvalue weighted by atomic mass is 16.1. The SMILES string of the molecule is CC(=O)c1cccc(NC(=O)c2ccc(-n3ccnc3)cc2)c1. The van der Waals surface area contributed by atoms with Crippen molar-refractivity contribution in [1.29, 1.82) is 0 Å². The maximum atomic E-state index is 12.3. The first-order valence-electron chi connectivity index (χ1n) is 7.14. The van der Waals surface area contributed by atoms with Gasteiger partial charge in [0, 0.05) is 34.9 Å². The van der Waals surface area contributed by atoms with Gasteiger partial charge in [0.05, 0.1) is 6.33 Å². The largest absolute Gasteiger partial charge is 0.322 e. The molecule has 1 aromatic heterocycles. The molecule has 0 saturated heterocycles. The number of rotatable bonds is 4. The molecule has 0 aliphatic carbocycles. The van der Waals surface area contributed by atoms with E-state index in [4.69, 9.17) is 0 Å². The zero-order valence-corrected chi connectivity index (χ0v) is 12.6. The van der Waals surface area contributed by atoms with Crippen LogP contribution < -0.4 is 5.32 Å². The molecule has 0 bridgehead atoms. The molecule has 1 amide bonds. The zero-order chi connectivity index (χ0) is 16.2. The first-order chi connectivity index (χ1) is 11.1. The van der Waals surface area contributed by atoms with Crippen molar-refractivity contribution in [2.75, 3.05) is 5.32 Å². The summed E-state index contributed by atoms with van der Waals surface area (Å²) in [5.41, 5.74) is 2.64. The molecule has 3 rings (SSSR count). The van der Waals surface area contributed by atoms with Gasteiger partial charge in [-0.1, -0.05) is 12.1 Å². The maximum absolute atomic E-state index is 12.3. The number of ketones is 1. The van der Waals surface area contributed by atoms with Crippen LogP contribution in [0.25, 0.3) is 5.69 Å².